The Labute approximate surface area is 87.5 Å². The molecule has 2 N–H and O–H groups in total. The van der Waals surface area contributed by atoms with Crippen molar-refractivity contribution in [1.82, 2.24) is 4.57 Å². The molecule has 0 radical (unpaired) electrons. The summed E-state index contributed by atoms with van der Waals surface area (Å²) >= 11 is 0. The van der Waals surface area contributed by atoms with E-state index in [0.29, 0.717) is 18.0 Å². The van der Waals surface area contributed by atoms with Crippen molar-refractivity contribution in [2.24, 2.45) is 5.73 Å². The number of fused-ring (bicyclic) bond motifs is 1. The first-order valence-corrected chi connectivity index (χ1v) is 5.29. The van der Waals surface area contributed by atoms with Gasteiger partial charge in [-0.25, -0.2) is 4.39 Å². The third-order valence-corrected chi connectivity index (χ3v) is 3.03. The molecule has 0 aliphatic heterocycles. The molecule has 0 saturated heterocycles. The zero-order valence-electron chi connectivity index (χ0n) is 8.41. The van der Waals surface area contributed by atoms with E-state index < -0.39 is 0 Å². The van der Waals surface area contributed by atoms with E-state index in [2.05, 4.69) is 4.57 Å². The summed E-state index contributed by atoms with van der Waals surface area (Å²) in [6.07, 6.45) is 2.38. The molecule has 3 rings (SSSR count). The van der Waals surface area contributed by atoms with Gasteiger partial charge in [-0.1, -0.05) is 6.07 Å². The molecule has 0 unspecified atom stereocenters. The summed E-state index contributed by atoms with van der Waals surface area (Å²) in [6.45, 7) is 0.477. The number of nitrogens with two attached hydrogens (primary N) is 1. The molecule has 0 atom stereocenters. The highest BCUT2D eigenvalue weighted by Crippen LogP contribution is 2.39. The van der Waals surface area contributed by atoms with Crippen molar-refractivity contribution in [3.8, 4) is 0 Å². The fraction of sp³-hybridized carbons (Fsp3) is 0.333. The smallest absolute Gasteiger partial charge is 0.132 e. The van der Waals surface area contributed by atoms with E-state index in [0.717, 1.165) is 11.2 Å². The number of halogens is 1. The Balaban J connectivity index is 2.33. The maximum atomic E-state index is 13.5. The first-order chi connectivity index (χ1) is 7.31. The average Bonchev–Trinajstić information content (AvgIpc) is 3.00. The van der Waals surface area contributed by atoms with Gasteiger partial charge in [0.15, 0.2) is 0 Å². The van der Waals surface area contributed by atoms with Crippen LogP contribution in [0.4, 0.5) is 4.39 Å². The largest absolute Gasteiger partial charge is 0.340 e. The number of hydrogen-bond donors (Lipinski definition) is 1. The lowest BCUT2D eigenvalue weighted by atomic mass is 10.2. The van der Waals surface area contributed by atoms with Gasteiger partial charge in [-0.15, -0.1) is 0 Å². The topological polar surface area (TPSA) is 30.9 Å². The number of hydrogen-bond acceptors (Lipinski definition) is 1. The Morgan fingerprint density at radius 3 is 2.87 bits per heavy atom. The van der Waals surface area contributed by atoms with Gasteiger partial charge in [0.1, 0.15) is 5.82 Å². The van der Waals surface area contributed by atoms with Gasteiger partial charge in [-0.2, -0.15) is 0 Å². The van der Waals surface area contributed by atoms with Crippen LogP contribution in [0.5, 0.6) is 0 Å². The van der Waals surface area contributed by atoms with Crippen molar-refractivity contribution in [2.45, 2.75) is 25.4 Å². The molecular formula is C12H13FN2. The van der Waals surface area contributed by atoms with Crippen LogP contribution < -0.4 is 5.73 Å². The molecule has 15 heavy (non-hydrogen) atoms. The predicted molar refractivity (Wildman–Crippen MR) is 58.1 cm³/mol. The Bertz CT molecular complexity index is 512. The van der Waals surface area contributed by atoms with E-state index in [1.54, 1.807) is 6.07 Å². The molecule has 2 aromatic rings. The quantitative estimate of drug-likeness (QED) is 0.800. The lowest BCUT2D eigenvalue weighted by molar-refractivity contribution is 0.639. The first kappa shape index (κ1) is 8.92. The zero-order chi connectivity index (χ0) is 10.4. The second-order valence-electron chi connectivity index (χ2n) is 4.11. The van der Waals surface area contributed by atoms with Gasteiger partial charge in [-0.3, -0.25) is 0 Å². The van der Waals surface area contributed by atoms with Gasteiger partial charge in [0, 0.05) is 23.7 Å². The highest BCUT2D eigenvalue weighted by molar-refractivity contribution is 5.82. The normalized spacial score (nSPS) is 16.1. The lowest BCUT2D eigenvalue weighted by Crippen LogP contribution is -2.05. The summed E-state index contributed by atoms with van der Waals surface area (Å²) < 4.78 is 15.7. The number of rotatable bonds is 2. The molecule has 0 spiro atoms. The lowest BCUT2D eigenvalue weighted by Gasteiger charge is -2.07. The van der Waals surface area contributed by atoms with Crippen LogP contribution in [-0.2, 0) is 6.54 Å². The molecule has 0 bridgehead atoms. The van der Waals surface area contributed by atoms with Crippen molar-refractivity contribution in [3.05, 3.63) is 35.8 Å². The Morgan fingerprint density at radius 2 is 2.20 bits per heavy atom. The highest BCUT2D eigenvalue weighted by Gasteiger charge is 2.27. The van der Waals surface area contributed by atoms with Crippen LogP contribution in [-0.4, -0.2) is 4.57 Å². The molecule has 1 saturated carbocycles. The predicted octanol–water partition coefficient (Wildman–Crippen LogP) is 2.57. The molecule has 0 amide bonds. The Morgan fingerprint density at radius 1 is 1.40 bits per heavy atom. The average molecular weight is 204 g/mol. The van der Waals surface area contributed by atoms with Crippen LogP contribution in [0.1, 0.15) is 24.6 Å². The van der Waals surface area contributed by atoms with Gasteiger partial charge >= 0.3 is 0 Å². The molecule has 2 nitrogen and oxygen atoms in total. The molecule has 3 heteroatoms. The monoisotopic (exact) mass is 204 g/mol. The van der Waals surface area contributed by atoms with Crippen molar-refractivity contribution in [3.63, 3.8) is 0 Å². The second-order valence-corrected chi connectivity index (χ2v) is 4.11. The van der Waals surface area contributed by atoms with Crippen molar-refractivity contribution in [2.75, 3.05) is 0 Å². The number of nitrogens with zero attached hydrogens (tertiary/aromatic N) is 1. The van der Waals surface area contributed by atoms with Crippen LogP contribution in [0.25, 0.3) is 10.9 Å². The van der Waals surface area contributed by atoms with Crippen molar-refractivity contribution < 1.29 is 4.39 Å². The van der Waals surface area contributed by atoms with E-state index in [1.165, 1.54) is 18.9 Å². The number of benzene rings is 1. The minimum atomic E-state index is -0.151. The Hall–Kier alpha value is -1.35. The van der Waals surface area contributed by atoms with E-state index in [4.69, 9.17) is 5.73 Å². The zero-order valence-corrected chi connectivity index (χ0v) is 8.41. The van der Waals surface area contributed by atoms with Gasteiger partial charge in [-0.05, 0) is 31.0 Å². The molecule has 1 aromatic carbocycles. The molecule has 1 fully saturated rings. The third kappa shape index (κ3) is 1.27. The van der Waals surface area contributed by atoms with Crippen LogP contribution in [0, 0.1) is 5.82 Å². The second kappa shape index (κ2) is 3.07. The summed E-state index contributed by atoms with van der Waals surface area (Å²) in [4.78, 5) is 0. The standard InChI is InChI=1S/C12H13FN2/c13-11-2-1-3-12-10(11)6-9(7-14)15(12)8-4-5-8/h1-3,6,8H,4-5,7,14H2. The molecule has 1 heterocycles. The van der Waals surface area contributed by atoms with E-state index in [-0.39, 0.29) is 5.82 Å². The summed E-state index contributed by atoms with van der Waals surface area (Å²) in [5.74, 6) is -0.151. The molecule has 78 valence electrons. The summed E-state index contributed by atoms with van der Waals surface area (Å²) in [7, 11) is 0. The van der Waals surface area contributed by atoms with Crippen LogP contribution in [0.2, 0.25) is 0 Å². The maximum Gasteiger partial charge on any atom is 0.132 e. The first-order valence-electron chi connectivity index (χ1n) is 5.29. The Kier molecular flexibility index (Phi) is 1.83. The molecule has 1 aromatic heterocycles. The SMILES string of the molecule is NCc1cc2c(F)cccc2n1C1CC1. The molecule has 1 aliphatic carbocycles. The fourth-order valence-corrected chi connectivity index (χ4v) is 2.19. The van der Waals surface area contributed by atoms with Gasteiger partial charge < -0.3 is 10.3 Å². The fourth-order valence-electron chi connectivity index (χ4n) is 2.19. The van der Waals surface area contributed by atoms with Gasteiger partial charge in [0.2, 0.25) is 0 Å². The summed E-state index contributed by atoms with van der Waals surface area (Å²) in [5.41, 5.74) is 7.71. The number of aromatic nitrogens is 1. The minimum absolute atomic E-state index is 0.151. The maximum absolute atomic E-state index is 13.5. The highest BCUT2D eigenvalue weighted by atomic mass is 19.1. The van der Waals surface area contributed by atoms with Crippen LogP contribution in [0.3, 0.4) is 0 Å². The van der Waals surface area contributed by atoms with Gasteiger partial charge in [0.05, 0.1) is 5.52 Å². The molecular weight excluding hydrogens is 191 g/mol. The minimum Gasteiger partial charge on any atom is -0.340 e. The summed E-state index contributed by atoms with van der Waals surface area (Å²) in [5, 5.41) is 0.699. The molecule has 1 aliphatic rings. The third-order valence-electron chi connectivity index (χ3n) is 3.03. The van der Waals surface area contributed by atoms with Crippen LogP contribution in [0.15, 0.2) is 24.3 Å². The van der Waals surface area contributed by atoms with E-state index >= 15 is 0 Å². The van der Waals surface area contributed by atoms with Crippen molar-refractivity contribution >= 4 is 10.9 Å². The van der Waals surface area contributed by atoms with Gasteiger partial charge in [0.25, 0.3) is 0 Å². The van der Waals surface area contributed by atoms with E-state index in [9.17, 15) is 4.39 Å². The van der Waals surface area contributed by atoms with Crippen LogP contribution >= 0.6 is 0 Å². The summed E-state index contributed by atoms with van der Waals surface area (Å²) in [6, 6.07) is 7.65. The van der Waals surface area contributed by atoms with Crippen molar-refractivity contribution in [1.29, 1.82) is 0 Å². The van der Waals surface area contributed by atoms with E-state index in [1.807, 2.05) is 12.1 Å².